The van der Waals surface area contributed by atoms with Gasteiger partial charge in [-0.3, -0.25) is 4.79 Å². The topological polar surface area (TPSA) is 84.1 Å². The van der Waals surface area contributed by atoms with Crippen molar-refractivity contribution in [3.05, 3.63) is 39.4 Å². The predicted octanol–water partition coefficient (Wildman–Crippen LogP) is 1.75. The Hall–Kier alpha value is -1.70. The minimum Gasteiger partial charge on any atom is -0.336 e. The van der Waals surface area contributed by atoms with Crippen molar-refractivity contribution in [3.8, 4) is 0 Å². The van der Waals surface area contributed by atoms with Gasteiger partial charge in [0.25, 0.3) is 5.91 Å². The smallest absolute Gasteiger partial charge is 0.255 e. The maximum Gasteiger partial charge on any atom is 0.255 e. The first-order valence-electron chi connectivity index (χ1n) is 5.36. The molecule has 2 aromatic heterocycles. The number of amides is 1. The van der Waals surface area contributed by atoms with Crippen LogP contribution in [0.2, 0.25) is 5.02 Å². The van der Waals surface area contributed by atoms with Crippen LogP contribution in [0.3, 0.4) is 0 Å². The number of anilines is 1. The Bertz CT molecular complexity index is 574. The van der Waals surface area contributed by atoms with E-state index in [0.29, 0.717) is 22.9 Å². The van der Waals surface area contributed by atoms with E-state index >= 15 is 0 Å². The summed E-state index contributed by atoms with van der Waals surface area (Å²) in [6.45, 7) is 0.441. The fourth-order valence-corrected chi connectivity index (χ4v) is 2.28. The van der Waals surface area contributed by atoms with Gasteiger partial charge >= 0.3 is 0 Å². The minimum atomic E-state index is -0.175. The molecule has 0 aliphatic carbocycles. The average Bonchev–Trinajstić information content (AvgIpc) is 2.90. The second kappa shape index (κ2) is 5.96. The van der Waals surface area contributed by atoms with Crippen molar-refractivity contribution in [2.45, 2.75) is 6.54 Å². The molecule has 0 unspecified atom stereocenters. The third-order valence-corrected chi connectivity index (χ3v) is 3.38. The highest BCUT2D eigenvalue weighted by molar-refractivity contribution is 7.07. The molecule has 8 heteroatoms. The van der Waals surface area contributed by atoms with Crippen molar-refractivity contribution in [2.75, 3.05) is 12.5 Å². The first-order chi connectivity index (χ1) is 9.11. The number of halogens is 1. The number of hydrogen-bond acceptors (Lipinski definition) is 6. The molecule has 0 saturated carbocycles. The predicted molar refractivity (Wildman–Crippen MR) is 75.0 cm³/mol. The number of carbonyl (C=O) groups excluding carboxylic acids is 1. The fraction of sp³-hybridized carbons (Fsp3) is 0.182. The Balaban J connectivity index is 2.12. The number of thiazole rings is 1. The normalized spacial score (nSPS) is 10.3. The van der Waals surface area contributed by atoms with Gasteiger partial charge in [0.15, 0.2) is 5.82 Å². The van der Waals surface area contributed by atoms with E-state index in [4.69, 9.17) is 17.4 Å². The van der Waals surface area contributed by atoms with Gasteiger partial charge < -0.3 is 10.3 Å². The van der Waals surface area contributed by atoms with Crippen LogP contribution in [0, 0.1) is 0 Å². The molecular formula is C11H12ClN5OS. The van der Waals surface area contributed by atoms with Gasteiger partial charge in [0, 0.05) is 18.6 Å². The highest BCUT2D eigenvalue weighted by Crippen LogP contribution is 2.20. The summed E-state index contributed by atoms with van der Waals surface area (Å²) in [5.41, 5.74) is 5.33. The molecule has 0 saturated heterocycles. The summed E-state index contributed by atoms with van der Waals surface area (Å²) < 4.78 is 0. The zero-order valence-corrected chi connectivity index (χ0v) is 11.7. The van der Waals surface area contributed by atoms with E-state index in [1.54, 1.807) is 17.5 Å². The Kier molecular flexibility index (Phi) is 4.31. The van der Waals surface area contributed by atoms with E-state index in [1.807, 2.05) is 5.38 Å². The zero-order chi connectivity index (χ0) is 13.8. The molecular weight excluding hydrogens is 286 g/mol. The quantitative estimate of drug-likeness (QED) is 0.663. The van der Waals surface area contributed by atoms with Crippen LogP contribution in [0.15, 0.2) is 23.2 Å². The van der Waals surface area contributed by atoms with Crippen LogP contribution in [0.5, 0.6) is 0 Å². The summed E-state index contributed by atoms with van der Waals surface area (Å²) in [5, 5.41) is 2.20. The van der Waals surface area contributed by atoms with E-state index in [0.717, 1.165) is 5.69 Å². The molecule has 0 radical (unpaired) electrons. The standard InChI is InChI=1S/C11H12ClN5OS/c1-17(4-8-5-19-6-15-8)11(18)7-2-9(12)10(16-13)14-3-7/h2-3,5-6H,4,13H2,1H3,(H,14,16). The summed E-state index contributed by atoms with van der Waals surface area (Å²) in [6.07, 6.45) is 1.43. The number of hydrogen-bond donors (Lipinski definition) is 2. The lowest BCUT2D eigenvalue weighted by molar-refractivity contribution is 0.0783. The van der Waals surface area contributed by atoms with E-state index in [2.05, 4.69) is 15.4 Å². The third kappa shape index (κ3) is 3.19. The van der Waals surface area contributed by atoms with Gasteiger partial charge in [-0.1, -0.05) is 11.6 Å². The molecule has 0 aliphatic rings. The molecule has 2 rings (SSSR count). The minimum absolute atomic E-state index is 0.175. The molecule has 2 aromatic rings. The molecule has 19 heavy (non-hydrogen) atoms. The van der Waals surface area contributed by atoms with Gasteiger partial charge in [-0.15, -0.1) is 11.3 Å². The maximum absolute atomic E-state index is 12.2. The van der Waals surface area contributed by atoms with Crippen LogP contribution in [-0.4, -0.2) is 27.8 Å². The van der Waals surface area contributed by atoms with Crippen LogP contribution < -0.4 is 11.3 Å². The van der Waals surface area contributed by atoms with E-state index < -0.39 is 0 Å². The largest absolute Gasteiger partial charge is 0.336 e. The molecule has 3 N–H and O–H groups in total. The lowest BCUT2D eigenvalue weighted by atomic mass is 10.2. The van der Waals surface area contributed by atoms with Gasteiger partial charge in [-0.2, -0.15) is 0 Å². The third-order valence-electron chi connectivity index (χ3n) is 2.45. The number of nitrogens with zero attached hydrogens (tertiary/aromatic N) is 3. The molecule has 2 heterocycles. The van der Waals surface area contributed by atoms with Crippen molar-refractivity contribution < 1.29 is 4.79 Å². The number of hydrazine groups is 1. The number of carbonyl (C=O) groups is 1. The molecule has 0 fully saturated rings. The zero-order valence-electron chi connectivity index (χ0n) is 10.1. The molecule has 6 nitrogen and oxygen atoms in total. The highest BCUT2D eigenvalue weighted by atomic mass is 35.5. The number of nitrogens with one attached hydrogen (secondary N) is 1. The van der Waals surface area contributed by atoms with Gasteiger partial charge in [-0.25, -0.2) is 15.8 Å². The lowest BCUT2D eigenvalue weighted by Crippen LogP contribution is -2.26. The van der Waals surface area contributed by atoms with Gasteiger partial charge in [0.05, 0.1) is 28.3 Å². The van der Waals surface area contributed by atoms with Gasteiger partial charge in [-0.05, 0) is 6.07 Å². The molecule has 1 amide bonds. The van der Waals surface area contributed by atoms with E-state index in [9.17, 15) is 4.79 Å². The van der Waals surface area contributed by atoms with Crippen molar-refractivity contribution in [1.29, 1.82) is 0 Å². The molecule has 0 bridgehead atoms. The van der Waals surface area contributed by atoms with Crippen molar-refractivity contribution in [2.24, 2.45) is 5.84 Å². The van der Waals surface area contributed by atoms with Crippen LogP contribution in [0.1, 0.15) is 16.1 Å². The number of aromatic nitrogens is 2. The van der Waals surface area contributed by atoms with Gasteiger partial charge in [0.1, 0.15) is 0 Å². The summed E-state index contributed by atoms with van der Waals surface area (Å²) in [5.74, 6) is 5.39. The summed E-state index contributed by atoms with van der Waals surface area (Å²) in [6, 6.07) is 1.53. The van der Waals surface area contributed by atoms with Crippen LogP contribution >= 0.6 is 22.9 Å². The van der Waals surface area contributed by atoms with Crippen molar-refractivity contribution >= 4 is 34.7 Å². The number of nitrogens with two attached hydrogens (primary N) is 1. The van der Waals surface area contributed by atoms with Crippen molar-refractivity contribution in [1.82, 2.24) is 14.9 Å². The molecule has 0 atom stereocenters. The van der Waals surface area contributed by atoms with Crippen LogP contribution in [-0.2, 0) is 6.54 Å². The maximum atomic E-state index is 12.2. The average molecular weight is 298 g/mol. The van der Waals surface area contributed by atoms with Gasteiger partial charge in [0.2, 0.25) is 0 Å². The fourth-order valence-electron chi connectivity index (χ4n) is 1.51. The molecule has 0 aromatic carbocycles. The van der Waals surface area contributed by atoms with Crippen LogP contribution in [0.25, 0.3) is 0 Å². The number of rotatable bonds is 4. The van der Waals surface area contributed by atoms with Crippen molar-refractivity contribution in [3.63, 3.8) is 0 Å². The second-order valence-electron chi connectivity index (χ2n) is 3.84. The Morgan fingerprint density at radius 1 is 1.58 bits per heavy atom. The number of nitrogen functional groups attached to an aromatic ring is 1. The SMILES string of the molecule is CN(Cc1cscn1)C(=O)c1cnc(NN)c(Cl)c1. The Labute approximate surface area is 119 Å². The first kappa shape index (κ1) is 13.7. The molecule has 0 spiro atoms. The first-order valence-corrected chi connectivity index (χ1v) is 6.68. The van der Waals surface area contributed by atoms with Crippen LogP contribution in [0.4, 0.5) is 5.82 Å². The number of pyridine rings is 1. The summed E-state index contributed by atoms with van der Waals surface area (Å²) in [4.78, 5) is 21.8. The summed E-state index contributed by atoms with van der Waals surface area (Å²) in [7, 11) is 1.70. The summed E-state index contributed by atoms with van der Waals surface area (Å²) >= 11 is 7.43. The van der Waals surface area contributed by atoms with E-state index in [-0.39, 0.29) is 5.91 Å². The van der Waals surface area contributed by atoms with E-state index in [1.165, 1.54) is 23.6 Å². The Morgan fingerprint density at radius 3 is 2.95 bits per heavy atom. The highest BCUT2D eigenvalue weighted by Gasteiger charge is 2.15. The monoisotopic (exact) mass is 297 g/mol. The molecule has 100 valence electrons. The molecule has 0 aliphatic heterocycles. The second-order valence-corrected chi connectivity index (χ2v) is 4.97. The Morgan fingerprint density at radius 2 is 2.37 bits per heavy atom. The lowest BCUT2D eigenvalue weighted by Gasteiger charge is -2.16.